The van der Waals surface area contributed by atoms with Gasteiger partial charge in [-0.05, 0) is 35.7 Å². The molecular formula is C22H24FN3O6. The van der Waals surface area contributed by atoms with Crippen LogP contribution in [0.2, 0.25) is 0 Å². The third-order valence-corrected chi connectivity index (χ3v) is 5.90. The van der Waals surface area contributed by atoms with Gasteiger partial charge in [-0.3, -0.25) is 24.1 Å². The fourth-order valence-electron chi connectivity index (χ4n) is 4.70. The topological polar surface area (TPSA) is 120 Å². The van der Waals surface area contributed by atoms with Crippen LogP contribution in [0.15, 0.2) is 47.4 Å². The van der Waals surface area contributed by atoms with Crippen LogP contribution >= 0.6 is 0 Å². The maximum absolute atomic E-state index is 13.9. The number of carboxylic acids is 1. The van der Waals surface area contributed by atoms with Crippen molar-refractivity contribution in [3.05, 3.63) is 69.9 Å². The molecule has 3 atom stereocenters. The van der Waals surface area contributed by atoms with Gasteiger partial charge in [0.15, 0.2) is 0 Å². The summed E-state index contributed by atoms with van der Waals surface area (Å²) in [7, 11) is 1.59. The molecule has 2 aliphatic heterocycles. The van der Waals surface area contributed by atoms with Crippen LogP contribution in [0, 0.1) is 17.7 Å². The standard InChI is InChI=1S/C21H22FN3O4.CH2O2/c1-23-7-3-6-16(20(23)28)21(29)25-10-14-9-24(12-18(26)27)11-17(14)19(25)13-4-2-5-15(22)8-13;2-1-3/h2-8,14,17,19H,9-12H2,1H3,(H,26,27);1H,(H,2,3)/t14-,17-,19+;/m0./s1. The molecule has 2 aromatic rings. The third kappa shape index (κ3) is 4.70. The lowest BCUT2D eigenvalue weighted by molar-refractivity contribution is -0.138. The van der Waals surface area contributed by atoms with Crippen LogP contribution in [0.3, 0.4) is 0 Å². The number of aryl methyl sites for hydroxylation is 1. The van der Waals surface area contributed by atoms with E-state index in [1.165, 1.54) is 22.8 Å². The minimum Gasteiger partial charge on any atom is -0.483 e. The molecule has 32 heavy (non-hydrogen) atoms. The van der Waals surface area contributed by atoms with Crippen molar-refractivity contribution in [2.75, 3.05) is 26.2 Å². The molecule has 0 unspecified atom stereocenters. The number of rotatable bonds is 4. The molecule has 0 bridgehead atoms. The molecule has 4 rings (SSSR count). The number of benzene rings is 1. The molecule has 170 valence electrons. The Kier molecular flexibility index (Phi) is 7.04. The highest BCUT2D eigenvalue weighted by Gasteiger charge is 2.49. The zero-order chi connectivity index (χ0) is 23.4. The Balaban J connectivity index is 0.000000913. The van der Waals surface area contributed by atoms with Crippen LogP contribution in [0.25, 0.3) is 0 Å². The van der Waals surface area contributed by atoms with E-state index >= 15 is 0 Å². The van der Waals surface area contributed by atoms with Gasteiger partial charge in [-0.15, -0.1) is 0 Å². The zero-order valence-electron chi connectivity index (χ0n) is 17.4. The molecule has 1 aromatic carbocycles. The normalized spacial score (nSPS) is 22.1. The van der Waals surface area contributed by atoms with Gasteiger partial charge in [-0.1, -0.05) is 12.1 Å². The number of carbonyl (C=O) groups is 3. The lowest BCUT2D eigenvalue weighted by Gasteiger charge is -2.29. The summed E-state index contributed by atoms with van der Waals surface area (Å²) in [4.78, 5) is 48.7. The molecule has 2 saturated heterocycles. The number of halogens is 1. The van der Waals surface area contributed by atoms with Gasteiger partial charge in [-0.2, -0.15) is 0 Å². The van der Waals surface area contributed by atoms with Crippen molar-refractivity contribution in [3.63, 3.8) is 0 Å². The summed E-state index contributed by atoms with van der Waals surface area (Å²) in [5.74, 6) is -1.62. The molecule has 0 radical (unpaired) electrons. The molecule has 3 heterocycles. The molecule has 0 saturated carbocycles. The second kappa shape index (κ2) is 9.73. The Bertz CT molecular complexity index is 1070. The van der Waals surface area contributed by atoms with Crippen molar-refractivity contribution in [2.45, 2.75) is 6.04 Å². The lowest BCUT2D eigenvalue weighted by Crippen LogP contribution is -2.39. The first-order valence-corrected chi connectivity index (χ1v) is 10.0. The van der Waals surface area contributed by atoms with E-state index in [4.69, 9.17) is 15.0 Å². The van der Waals surface area contributed by atoms with Crippen molar-refractivity contribution in [2.24, 2.45) is 18.9 Å². The molecule has 9 nitrogen and oxygen atoms in total. The van der Waals surface area contributed by atoms with Crippen molar-refractivity contribution >= 4 is 18.3 Å². The Labute approximate surface area is 183 Å². The maximum Gasteiger partial charge on any atom is 0.317 e. The fourth-order valence-corrected chi connectivity index (χ4v) is 4.70. The van der Waals surface area contributed by atoms with Crippen LogP contribution in [-0.4, -0.2) is 69.1 Å². The Morgan fingerprint density at radius 3 is 2.56 bits per heavy atom. The first-order chi connectivity index (χ1) is 15.3. The number of pyridine rings is 1. The lowest BCUT2D eigenvalue weighted by atomic mass is 9.89. The molecule has 2 N–H and O–H groups in total. The number of carbonyl (C=O) groups excluding carboxylic acids is 1. The van der Waals surface area contributed by atoms with Gasteiger partial charge in [0.1, 0.15) is 11.4 Å². The van der Waals surface area contributed by atoms with Gasteiger partial charge in [-0.25, -0.2) is 4.39 Å². The monoisotopic (exact) mass is 445 g/mol. The molecule has 2 fully saturated rings. The molecule has 0 aliphatic carbocycles. The summed E-state index contributed by atoms with van der Waals surface area (Å²) in [5, 5.41) is 16.0. The number of likely N-dealkylation sites (tertiary alicyclic amines) is 2. The molecule has 2 aliphatic rings. The van der Waals surface area contributed by atoms with Gasteiger partial charge in [0.05, 0.1) is 12.6 Å². The van der Waals surface area contributed by atoms with Gasteiger partial charge < -0.3 is 19.7 Å². The second-order valence-corrected chi connectivity index (χ2v) is 7.91. The highest BCUT2D eigenvalue weighted by atomic mass is 19.1. The summed E-state index contributed by atoms with van der Waals surface area (Å²) < 4.78 is 15.3. The number of carboxylic acid groups (broad SMARTS) is 2. The van der Waals surface area contributed by atoms with E-state index in [2.05, 4.69) is 0 Å². The Morgan fingerprint density at radius 2 is 1.91 bits per heavy atom. The van der Waals surface area contributed by atoms with E-state index in [1.807, 2.05) is 4.90 Å². The van der Waals surface area contributed by atoms with E-state index in [0.29, 0.717) is 25.2 Å². The van der Waals surface area contributed by atoms with Gasteiger partial charge in [0, 0.05) is 38.8 Å². The van der Waals surface area contributed by atoms with Crippen LogP contribution in [0.1, 0.15) is 22.0 Å². The average molecular weight is 445 g/mol. The van der Waals surface area contributed by atoms with E-state index in [1.54, 1.807) is 36.3 Å². The third-order valence-electron chi connectivity index (χ3n) is 5.90. The first-order valence-electron chi connectivity index (χ1n) is 10.0. The number of aromatic nitrogens is 1. The maximum atomic E-state index is 13.9. The Morgan fingerprint density at radius 1 is 1.19 bits per heavy atom. The van der Waals surface area contributed by atoms with Crippen LogP contribution < -0.4 is 5.56 Å². The minimum absolute atomic E-state index is 0.0207. The van der Waals surface area contributed by atoms with E-state index < -0.39 is 17.8 Å². The number of hydrogen-bond acceptors (Lipinski definition) is 5. The van der Waals surface area contributed by atoms with E-state index in [-0.39, 0.29) is 41.9 Å². The summed E-state index contributed by atoms with van der Waals surface area (Å²) in [5.41, 5.74) is 0.370. The summed E-state index contributed by atoms with van der Waals surface area (Å²) in [6.07, 6.45) is 1.59. The molecule has 0 spiro atoms. The summed E-state index contributed by atoms with van der Waals surface area (Å²) >= 11 is 0. The minimum atomic E-state index is -0.895. The van der Waals surface area contributed by atoms with Crippen molar-refractivity contribution in [1.29, 1.82) is 0 Å². The second-order valence-electron chi connectivity index (χ2n) is 7.91. The van der Waals surface area contributed by atoms with Crippen LogP contribution in [-0.2, 0) is 16.6 Å². The predicted molar refractivity (Wildman–Crippen MR) is 112 cm³/mol. The number of hydrogen-bond donors (Lipinski definition) is 2. The highest BCUT2D eigenvalue weighted by molar-refractivity contribution is 5.94. The van der Waals surface area contributed by atoms with Gasteiger partial charge >= 0.3 is 5.97 Å². The average Bonchev–Trinajstić information content (AvgIpc) is 3.26. The summed E-state index contributed by atoms with van der Waals surface area (Å²) in [6.45, 7) is 1.16. The van der Waals surface area contributed by atoms with Gasteiger partial charge in [0.25, 0.3) is 17.9 Å². The Hall–Kier alpha value is -3.53. The quantitative estimate of drug-likeness (QED) is 0.675. The van der Waals surface area contributed by atoms with E-state index in [9.17, 15) is 18.8 Å². The first kappa shape index (κ1) is 23.1. The SMILES string of the molecule is Cn1cccc(C(=O)N2C[C@@H]3CN(CC(=O)O)C[C@@H]3[C@H]2c2cccc(F)c2)c1=O.O=CO. The largest absolute Gasteiger partial charge is 0.483 e. The van der Waals surface area contributed by atoms with Crippen molar-refractivity contribution in [3.8, 4) is 0 Å². The smallest absolute Gasteiger partial charge is 0.317 e. The zero-order valence-corrected chi connectivity index (χ0v) is 17.4. The molecule has 1 amide bonds. The van der Waals surface area contributed by atoms with Crippen molar-refractivity contribution in [1.82, 2.24) is 14.4 Å². The number of amides is 1. The number of aliphatic carboxylic acids is 1. The predicted octanol–water partition coefficient (Wildman–Crippen LogP) is 1.05. The van der Waals surface area contributed by atoms with Gasteiger partial charge in [0.2, 0.25) is 0 Å². The summed E-state index contributed by atoms with van der Waals surface area (Å²) in [6, 6.07) is 8.89. The van der Waals surface area contributed by atoms with E-state index in [0.717, 1.165) is 0 Å². The molecule has 1 aromatic heterocycles. The fraction of sp³-hybridized carbons (Fsp3) is 0.364. The van der Waals surface area contributed by atoms with Crippen molar-refractivity contribution < 1.29 is 29.0 Å². The van der Waals surface area contributed by atoms with Crippen LogP contribution in [0.5, 0.6) is 0 Å². The number of nitrogens with zero attached hydrogens (tertiary/aromatic N) is 3. The van der Waals surface area contributed by atoms with Crippen LogP contribution in [0.4, 0.5) is 4.39 Å². The number of fused-ring (bicyclic) bond motifs is 1. The molecular weight excluding hydrogens is 421 g/mol. The highest BCUT2D eigenvalue weighted by Crippen LogP contribution is 2.45. The molecule has 10 heteroatoms.